The average Bonchev–Trinajstić information content (AvgIpc) is 2.74. The second kappa shape index (κ2) is 9.95. The summed E-state index contributed by atoms with van der Waals surface area (Å²) in [6.07, 6.45) is -3.28. The van der Waals surface area contributed by atoms with Crippen LogP contribution < -0.4 is 9.46 Å². The molecule has 0 fully saturated rings. The Bertz CT molecular complexity index is 1230. The number of sulfonamides is 1. The standard InChI is InChI=1S/C23H20F3NO5S/c24-23(25,26)32-20-10-3-4-11-21(20)33(30,31)27-19-9-2-1-7-17(19)8-5-6-16-12-14-18(15-13-16)22(28)29/h1-4,7,9-15,27H,5-6,8H2,(H,28,29). The molecule has 0 saturated heterocycles. The molecule has 10 heteroatoms. The summed E-state index contributed by atoms with van der Waals surface area (Å²) in [4.78, 5) is 10.3. The van der Waals surface area contributed by atoms with Crippen LogP contribution in [0.1, 0.15) is 27.9 Å². The fraction of sp³-hybridized carbons (Fsp3) is 0.174. The Labute approximate surface area is 188 Å². The summed E-state index contributed by atoms with van der Waals surface area (Å²) in [6.45, 7) is 0. The van der Waals surface area contributed by atoms with Gasteiger partial charge in [-0.1, -0.05) is 42.5 Å². The van der Waals surface area contributed by atoms with Gasteiger partial charge in [-0.3, -0.25) is 4.72 Å². The van der Waals surface area contributed by atoms with E-state index in [1.54, 1.807) is 30.3 Å². The van der Waals surface area contributed by atoms with E-state index in [9.17, 15) is 26.4 Å². The lowest BCUT2D eigenvalue weighted by molar-refractivity contribution is -0.275. The van der Waals surface area contributed by atoms with Gasteiger partial charge in [-0.15, -0.1) is 13.2 Å². The third kappa shape index (κ3) is 6.72. The van der Waals surface area contributed by atoms with Gasteiger partial charge in [-0.05, 0) is 60.7 Å². The van der Waals surface area contributed by atoms with Crippen LogP contribution in [0.3, 0.4) is 0 Å². The van der Waals surface area contributed by atoms with Crippen molar-refractivity contribution >= 4 is 21.7 Å². The first-order valence-electron chi connectivity index (χ1n) is 9.83. The third-order valence-corrected chi connectivity index (χ3v) is 6.14. The molecular weight excluding hydrogens is 459 g/mol. The molecule has 3 rings (SSSR count). The number of benzene rings is 3. The third-order valence-electron chi connectivity index (χ3n) is 4.74. The van der Waals surface area contributed by atoms with Gasteiger partial charge in [0.15, 0.2) is 0 Å². The fourth-order valence-electron chi connectivity index (χ4n) is 3.22. The second-order valence-corrected chi connectivity index (χ2v) is 8.76. The summed E-state index contributed by atoms with van der Waals surface area (Å²) in [5.41, 5.74) is 2.03. The van der Waals surface area contributed by atoms with Crippen molar-refractivity contribution in [1.82, 2.24) is 0 Å². The number of hydrogen-bond donors (Lipinski definition) is 2. The number of anilines is 1. The molecule has 3 aromatic carbocycles. The van der Waals surface area contributed by atoms with Crippen LogP contribution in [0.15, 0.2) is 77.7 Å². The Morgan fingerprint density at radius 3 is 2.21 bits per heavy atom. The Hall–Kier alpha value is -3.53. The van der Waals surface area contributed by atoms with Crippen LogP contribution in [0.5, 0.6) is 5.75 Å². The zero-order valence-corrected chi connectivity index (χ0v) is 18.0. The number of carboxylic acid groups (broad SMARTS) is 1. The van der Waals surface area contributed by atoms with Crippen LogP contribution in [-0.4, -0.2) is 25.9 Å². The Kier molecular flexibility index (Phi) is 7.27. The van der Waals surface area contributed by atoms with Crippen molar-refractivity contribution in [3.05, 3.63) is 89.5 Å². The zero-order chi connectivity index (χ0) is 24.1. The maximum atomic E-state index is 12.8. The van der Waals surface area contributed by atoms with E-state index in [0.29, 0.717) is 24.8 Å². The number of carbonyl (C=O) groups is 1. The van der Waals surface area contributed by atoms with Crippen molar-refractivity contribution < 1.29 is 36.2 Å². The first kappa shape index (κ1) is 24.1. The Balaban J connectivity index is 1.73. The van der Waals surface area contributed by atoms with Gasteiger partial charge >= 0.3 is 12.3 Å². The largest absolute Gasteiger partial charge is 0.573 e. The number of hydrogen-bond acceptors (Lipinski definition) is 4. The SMILES string of the molecule is O=C(O)c1ccc(CCCc2ccccc2NS(=O)(=O)c2ccccc2OC(F)(F)F)cc1. The number of aryl methyl sites for hydroxylation is 2. The molecule has 3 aromatic rings. The number of ether oxygens (including phenoxy) is 1. The average molecular weight is 479 g/mol. The zero-order valence-electron chi connectivity index (χ0n) is 17.2. The second-order valence-electron chi connectivity index (χ2n) is 7.11. The molecule has 0 unspecified atom stereocenters. The van der Waals surface area contributed by atoms with Gasteiger partial charge in [0.05, 0.1) is 11.3 Å². The predicted molar refractivity (Wildman–Crippen MR) is 116 cm³/mol. The van der Waals surface area contributed by atoms with Gasteiger partial charge in [0.1, 0.15) is 10.6 Å². The lowest BCUT2D eigenvalue weighted by Gasteiger charge is -2.16. The van der Waals surface area contributed by atoms with E-state index in [1.165, 1.54) is 30.3 Å². The van der Waals surface area contributed by atoms with Gasteiger partial charge in [0, 0.05) is 0 Å². The minimum Gasteiger partial charge on any atom is -0.478 e. The van der Waals surface area contributed by atoms with Crippen molar-refractivity contribution in [1.29, 1.82) is 0 Å². The molecule has 0 aliphatic rings. The van der Waals surface area contributed by atoms with Crippen LogP contribution in [-0.2, 0) is 22.9 Å². The highest BCUT2D eigenvalue weighted by atomic mass is 32.2. The fourth-order valence-corrected chi connectivity index (χ4v) is 4.45. The molecule has 6 nitrogen and oxygen atoms in total. The minimum atomic E-state index is -5.04. The number of nitrogens with one attached hydrogen (secondary N) is 1. The monoisotopic (exact) mass is 479 g/mol. The van der Waals surface area contributed by atoms with Crippen LogP contribution >= 0.6 is 0 Å². The summed E-state index contributed by atoms with van der Waals surface area (Å²) in [5.74, 6) is -1.83. The minimum absolute atomic E-state index is 0.188. The Morgan fingerprint density at radius 1 is 0.909 bits per heavy atom. The number of rotatable bonds is 9. The Morgan fingerprint density at radius 2 is 1.55 bits per heavy atom. The normalized spacial score (nSPS) is 11.7. The molecular formula is C23H20F3NO5S. The van der Waals surface area contributed by atoms with Crippen molar-refractivity contribution in [3.8, 4) is 5.75 Å². The first-order valence-corrected chi connectivity index (χ1v) is 11.3. The maximum absolute atomic E-state index is 12.8. The summed E-state index contributed by atoms with van der Waals surface area (Å²) in [7, 11) is -4.36. The lowest BCUT2D eigenvalue weighted by Crippen LogP contribution is -2.21. The molecule has 0 aromatic heterocycles. The van der Waals surface area contributed by atoms with E-state index in [2.05, 4.69) is 9.46 Å². The van der Waals surface area contributed by atoms with Crippen LogP contribution in [0.4, 0.5) is 18.9 Å². The molecule has 0 aliphatic carbocycles. The summed E-state index contributed by atoms with van der Waals surface area (Å²) >= 11 is 0. The smallest absolute Gasteiger partial charge is 0.478 e. The number of halogens is 3. The predicted octanol–water partition coefficient (Wildman–Crippen LogP) is 5.26. The van der Waals surface area contributed by atoms with Gasteiger partial charge < -0.3 is 9.84 Å². The highest BCUT2D eigenvalue weighted by Crippen LogP contribution is 2.31. The maximum Gasteiger partial charge on any atom is 0.573 e. The highest BCUT2D eigenvalue weighted by molar-refractivity contribution is 7.92. The summed E-state index contributed by atoms with van der Waals surface area (Å²) in [5, 5.41) is 8.96. The van der Waals surface area contributed by atoms with E-state index in [0.717, 1.165) is 17.7 Å². The topological polar surface area (TPSA) is 92.7 Å². The van der Waals surface area contributed by atoms with E-state index in [-0.39, 0.29) is 11.3 Å². The molecule has 174 valence electrons. The molecule has 2 N–H and O–H groups in total. The lowest BCUT2D eigenvalue weighted by atomic mass is 10.0. The van der Waals surface area contributed by atoms with Crippen molar-refractivity contribution in [3.63, 3.8) is 0 Å². The van der Waals surface area contributed by atoms with Crippen molar-refractivity contribution in [2.75, 3.05) is 4.72 Å². The molecule has 0 radical (unpaired) electrons. The summed E-state index contributed by atoms with van der Waals surface area (Å²) in [6, 6.07) is 17.6. The van der Waals surface area contributed by atoms with E-state index in [4.69, 9.17) is 5.11 Å². The quantitative estimate of drug-likeness (QED) is 0.437. The molecule has 0 amide bonds. The molecule has 0 spiro atoms. The number of para-hydroxylation sites is 2. The van der Waals surface area contributed by atoms with E-state index >= 15 is 0 Å². The van der Waals surface area contributed by atoms with Crippen molar-refractivity contribution in [2.24, 2.45) is 0 Å². The highest BCUT2D eigenvalue weighted by Gasteiger charge is 2.34. The molecule has 0 heterocycles. The molecule has 0 bridgehead atoms. The summed E-state index contributed by atoms with van der Waals surface area (Å²) < 4.78 is 69.9. The van der Waals surface area contributed by atoms with Gasteiger partial charge in [0.2, 0.25) is 0 Å². The van der Waals surface area contributed by atoms with Gasteiger partial charge in [0.25, 0.3) is 10.0 Å². The molecule has 0 aliphatic heterocycles. The van der Waals surface area contributed by atoms with Crippen LogP contribution in [0, 0.1) is 0 Å². The van der Waals surface area contributed by atoms with Gasteiger partial charge in [-0.25, -0.2) is 13.2 Å². The first-order chi connectivity index (χ1) is 15.5. The number of alkyl halides is 3. The number of aromatic carboxylic acids is 1. The van der Waals surface area contributed by atoms with Crippen LogP contribution in [0.25, 0.3) is 0 Å². The van der Waals surface area contributed by atoms with Crippen LogP contribution in [0.2, 0.25) is 0 Å². The molecule has 33 heavy (non-hydrogen) atoms. The van der Waals surface area contributed by atoms with E-state index < -0.39 is 33.0 Å². The van der Waals surface area contributed by atoms with Gasteiger partial charge in [-0.2, -0.15) is 0 Å². The number of carboxylic acids is 1. The van der Waals surface area contributed by atoms with E-state index in [1.807, 2.05) is 0 Å². The molecule has 0 saturated carbocycles. The van der Waals surface area contributed by atoms with Crippen molar-refractivity contribution in [2.45, 2.75) is 30.5 Å². The molecule has 0 atom stereocenters.